The smallest absolute Gasteiger partial charge is 0.308 e. The minimum Gasteiger partial charge on any atom is -0.466 e. The lowest BCUT2D eigenvalue weighted by Crippen LogP contribution is -2.49. The summed E-state index contributed by atoms with van der Waals surface area (Å²) in [6.45, 7) is 17.4. The third kappa shape index (κ3) is 5.10. The minimum atomic E-state index is -1.86. The van der Waals surface area contributed by atoms with Gasteiger partial charge in [0.1, 0.15) is 0 Å². The molecule has 0 aliphatic rings. The maximum absolute atomic E-state index is 11.7. The molecule has 0 bridgehead atoms. The Balaban J connectivity index is 4.82. The normalized spacial score (nSPS) is 16.2. The van der Waals surface area contributed by atoms with Crippen LogP contribution in [0.3, 0.4) is 0 Å². The summed E-state index contributed by atoms with van der Waals surface area (Å²) in [7, 11) is -1.86. The molecular weight excluding hydrogens is 244 g/mol. The monoisotopic (exact) mass is 274 g/mol. The molecule has 108 valence electrons. The molecule has 0 saturated carbocycles. The average Bonchev–Trinajstić information content (AvgIpc) is 2.15. The third-order valence-corrected chi connectivity index (χ3v) is 8.49. The first-order valence-electron chi connectivity index (χ1n) is 6.83. The molecule has 0 rings (SSSR count). The summed E-state index contributed by atoms with van der Waals surface area (Å²) in [5.41, 5.74) is -0.407. The maximum Gasteiger partial charge on any atom is 0.308 e. The number of hydrogen-bond acceptors (Lipinski definition) is 3. The van der Waals surface area contributed by atoms with Gasteiger partial charge in [-0.25, -0.2) is 0 Å². The van der Waals surface area contributed by atoms with Crippen LogP contribution in [0.2, 0.25) is 18.1 Å². The highest BCUT2D eigenvalue weighted by Gasteiger charge is 2.43. The van der Waals surface area contributed by atoms with Crippen molar-refractivity contribution in [1.82, 2.24) is 0 Å². The number of rotatable bonds is 6. The largest absolute Gasteiger partial charge is 0.466 e. The molecule has 0 amide bonds. The minimum absolute atomic E-state index is 0.151. The Morgan fingerprint density at radius 3 is 1.94 bits per heavy atom. The highest BCUT2D eigenvalue weighted by atomic mass is 28.4. The highest BCUT2D eigenvalue weighted by molar-refractivity contribution is 6.74. The van der Waals surface area contributed by atoms with Crippen molar-refractivity contribution in [3.05, 3.63) is 0 Å². The van der Waals surface area contributed by atoms with Crippen LogP contribution in [0, 0.1) is 0 Å². The number of ether oxygens (including phenoxy) is 1. The van der Waals surface area contributed by atoms with Crippen LogP contribution in [0.4, 0.5) is 0 Å². The van der Waals surface area contributed by atoms with Crippen molar-refractivity contribution in [2.45, 2.75) is 78.1 Å². The molecule has 0 N–H and O–H groups in total. The Hall–Kier alpha value is -0.353. The summed E-state index contributed by atoms with van der Waals surface area (Å²) in [5.74, 6) is -0.166. The number of carbonyl (C=O) groups excluding carboxylic acids is 1. The molecule has 0 aromatic heterocycles. The second-order valence-corrected chi connectivity index (χ2v) is 11.4. The van der Waals surface area contributed by atoms with Crippen molar-refractivity contribution in [2.75, 3.05) is 6.61 Å². The molecular formula is C14H30O3Si. The summed E-state index contributed by atoms with van der Waals surface area (Å²) in [5, 5.41) is 0.151. The fourth-order valence-electron chi connectivity index (χ4n) is 1.52. The molecule has 0 fully saturated rings. The predicted octanol–water partition coefficient (Wildman–Crippen LogP) is 4.13. The zero-order valence-electron chi connectivity index (χ0n) is 13.3. The van der Waals surface area contributed by atoms with Crippen LogP contribution < -0.4 is 0 Å². The quantitative estimate of drug-likeness (QED) is 0.539. The molecule has 0 aliphatic heterocycles. The standard InChI is InChI=1S/C14H30O3Si/c1-9-14(6,11-12(15)16-10-2)17-18(7,8)13(3,4)5/h9-11H2,1-8H3. The van der Waals surface area contributed by atoms with E-state index < -0.39 is 13.9 Å². The average molecular weight is 274 g/mol. The lowest BCUT2D eigenvalue weighted by Gasteiger charge is -2.43. The first kappa shape index (κ1) is 17.6. The second kappa shape index (κ2) is 6.20. The van der Waals surface area contributed by atoms with E-state index in [1.54, 1.807) is 0 Å². The molecule has 0 aromatic rings. The van der Waals surface area contributed by atoms with Crippen LogP contribution in [0.15, 0.2) is 0 Å². The Morgan fingerprint density at radius 1 is 1.11 bits per heavy atom. The van der Waals surface area contributed by atoms with Gasteiger partial charge >= 0.3 is 5.97 Å². The lowest BCUT2D eigenvalue weighted by atomic mass is 10.00. The molecule has 0 aromatic carbocycles. The SMILES string of the molecule is CCOC(=O)CC(C)(CC)O[Si](C)(C)C(C)(C)C. The van der Waals surface area contributed by atoms with Gasteiger partial charge in [0.2, 0.25) is 0 Å². The van der Waals surface area contributed by atoms with Crippen molar-refractivity contribution >= 4 is 14.3 Å². The summed E-state index contributed by atoms with van der Waals surface area (Å²) in [6, 6.07) is 0. The van der Waals surface area contributed by atoms with Crippen molar-refractivity contribution in [3.8, 4) is 0 Å². The van der Waals surface area contributed by atoms with Crippen LogP contribution in [0.1, 0.15) is 54.4 Å². The van der Waals surface area contributed by atoms with Crippen molar-refractivity contribution in [3.63, 3.8) is 0 Å². The fraction of sp³-hybridized carbons (Fsp3) is 0.929. The summed E-state index contributed by atoms with van der Waals surface area (Å²) < 4.78 is 11.4. The van der Waals surface area contributed by atoms with E-state index in [4.69, 9.17) is 9.16 Å². The van der Waals surface area contributed by atoms with E-state index in [1.807, 2.05) is 13.8 Å². The Kier molecular flexibility index (Phi) is 6.07. The van der Waals surface area contributed by atoms with Gasteiger partial charge in [0, 0.05) is 0 Å². The van der Waals surface area contributed by atoms with E-state index in [-0.39, 0.29) is 11.0 Å². The molecule has 1 atom stereocenters. The van der Waals surface area contributed by atoms with E-state index in [1.165, 1.54) is 0 Å². The van der Waals surface area contributed by atoms with Gasteiger partial charge < -0.3 is 9.16 Å². The van der Waals surface area contributed by atoms with Crippen molar-refractivity contribution in [1.29, 1.82) is 0 Å². The molecule has 0 radical (unpaired) electrons. The summed E-state index contributed by atoms with van der Waals surface area (Å²) >= 11 is 0. The van der Waals surface area contributed by atoms with E-state index >= 15 is 0 Å². The van der Waals surface area contributed by atoms with Crippen LogP contribution in [-0.2, 0) is 14.0 Å². The zero-order chi connectivity index (χ0) is 14.6. The van der Waals surface area contributed by atoms with Gasteiger partial charge in [-0.3, -0.25) is 4.79 Å². The van der Waals surface area contributed by atoms with Gasteiger partial charge in [-0.1, -0.05) is 27.7 Å². The van der Waals surface area contributed by atoms with Gasteiger partial charge in [0.05, 0.1) is 18.6 Å². The van der Waals surface area contributed by atoms with Crippen LogP contribution >= 0.6 is 0 Å². The van der Waals surface area contributed by atoms with Crippen LogP contribution in [0.25, 0.3) is 0 Å². The van der Waals surface area contributed by atoms with Gasteiger partial charge in [-0.2, -0.15) is 0 Å². The molecule has 3 nitrogen and oxygen atoms in total. The van der Waals surface area contributed by atoms with Crippen molar-refractivity contribution in [2.24, 2.45) is 0 Å². The highest BCUT2D eigenvalue weighted by Crippen LogP contribution is 2.40. The zero-order valence-corrected chi connectivity index (χ0v) is 14.3. The predicted molar refractivity (Wildman–Crippen MR) is 78.2 cm³/mol. The van der Waals surface area contributed by atoms with Gasteiger partial charge in [-0.05, 0) is 38.4 Å². The third-order valence-electron chi connectivity index (χ3n) is 3.88. The summed E-state index contributed by atoms with van der Waals surface area (Å²) in [6.07, 6.45) is 1.15. The lowest BCUT2D eigenvalue weighted by molar-refractivity contribution is -0.147. The molecule has 4 heteroatoms. The van der Waals surface area contributed by atoms with E-state index in [0.717, 1.165) is 6.42 Å². The van der Waals surface area contributed by atoms with Crippen LogP contribution in [0.5, 0.6) is 0 Å². The summed E-state index contributed by atoms with van der Waals surface area (Å²) in [4.78, 5) is 11.7. The topological polar surface area (TPSA) is 35.5 Å². The maximum atomic E-state index is 11.7. The van der Waals surface area contributed by atoms with Gasteiger partial charge in [0.25, 0.3) is 0 Å². The molecule has 18 heavy (non-hydrogen) atoms. The molecule has 0 aliphatic carbocycles. The molecule has 0 heterocycles. The number of hydrogen-bond donors (Lipinski definition) is 0. The van der Waals surface area contributed by atoms with Gasteiger partial charge in [0.15, 0.2) is 8.32 Å². The van der Waals surface area contributed by atoms with Crippen LogP contribution in [-0.4, -0.2) is 26.5 Å². The Morgan fingerprint density at radius 2 is 1.61 bits per heavy atom. The van der Waals surface area contributed by atoms with Gasteiger partial charge in [-0.15, -0.1) is 0 Å². The first-order chi connectivity index (χ1) is 7.97. The second-order valence-electron chi connectivity index (χ2n) is 6.65. The Labute approximate surface area is 113 Å². The Bertz CT molecular complexity index is 281. The molecule has 1 unspecified atom stereocenters. The van der Waals surface area contributed by atoms with Crippen molar-refractivity contribution < 1.29 is 14.0 Å². The van der Waals surface area contributed by atoms with E-state index in [9.17, 15) is 4.79 Å². The van der Waals surface area contributed by atoms with E-state index in [0.29, 0.717) is 13.0 Å². The molecule has 0 spiro atoms. The number of esters is 1. The first-order valence-corrected chi connectivity index (χ1v) is 9.74. The van der Waals surface area contributed by atoms with E-state index in [2.05, 4.69) is 40.8 Å². The number of carbonyl (C=O) groups is 1. The molecule has 0 saturated heterocycles. The fourth-order valence-corrected chi connectivity index (χ4v) is 3.27.